The normalized spacial score (nSPS) is 11.1. The summed E-state index contributed by atoms with van der Waals surface area (Å²) in [6, 6.07) is 2.01. The summed E-state index contributed by atoms with van der Waals surface area (Å²) in [7, 11) is 0. The van der Waals surface area contributed by atoms with Gasteiger partial charge in [-0.15, -0.1) is 0 Å². The van der Waals surface area contributed by atoms with Gasteiger partial charge in [-0.05, 0) is 30.2 Å². The monoisotopic (exact) mass is 217 g/mol. The fourth-order valence-corrected chi connectivity index (χ4v) is 1.22. The molecule has 0 aromatic heterocycles. The standard InChI is InChI=1S/C11H14F3N/c1-7(2)5-15-6-8-3-9(12)11(14)10(13)4-8/h3-4,7,15H,5-6H2,1-2H3. The number of rotatable bonds is 4. The highest BCUT2D eigenvalue weighted by atomic mass is 19.2. The second-order valence-electron chi connectivity index (χ2n) is 3.90. The van der Waals surface area contributed by atoms with Crippen LogP contribution in [-0.2, 0) is 6.54 Å². The minimum Gasteiger partial charge on any atom is -0.312 e. The van der Waals surface area contributed by atoms with Gasteiger partial charge in [0.25, 0.3) is 0 Å². The first-order valence-electron chi connectivity index (χ1n) is 4.85. The predicted molar refractivity (Wildman–Crippen MR) is 52.9 cm³/mol. The molecule has 4 heteroatoms. The Kier molecular flexibility index (Phi) is 4.15. The van der Waals surface area contributed by atoms with Gasteiger partial charge < -0.3 is 5.32 Å². The van der Waals surface area contributed by atoms with E-state index in [1.807, 2.05) is 13.8 Å². The fourth-order valence-electron chi connectivity index (χ4n) is 1.22. The van der Waals surface area contributed by atoms with Crippen molar-refractivity contribution in [3.63, 3.8) is 0 Å². The molecule has 0 heterocycles. The minimum atomic E-state index is -1.41. The summed E-state index contributed by atoms with van der Waals surface area (Å²) in [5.41, 5.74) is 0.409. The van der Waals surface area contributed by atoms with Crippen LogP contribution in [0.3, 0.4) is 0 Å². The molecule has 0 spiro atoms. The van der Waals surface area contributed by atoms with Crippen LogP contribution in [0.2, 0.25) is 0 Å². The van der Waals surface area contributed by atoms with Crippen LogP contribution in [0.5, 0.6) is 0 Å². The van der Waals surface area contributed by atoms with Gasteiger partial charge in [-0.3, -0.25) is 0 Å². The molecule has 0 bridgehead atoms. The van der Waals surface area contributed by atoms with Crippen molar-refractivity contribution in [1.82, 2.24) is 5.32 Å². The van der Waals surface area contributed by atoms with Crippen LogP contribution < -0.4 is 5.32 Å². The number of hydrogen-bond acceptors (Lipinski definition) is 1. The van der Waals surface area contributed by atoms with E-state index in [9.17, 15) is 13.2 Å². The third kappa shape index (κ3) is 3.55. The summed E-state index contributed by atoms with van der Waals surface area (Å²) < 4.78 is 38.2. The van der Waals surface area contributed by atoms with Crippen molar-refractivity contribution in [2.45, 2.75) is 20.4 Å². The SMILES string of the molecule is CC(C)CNCc1cc(F)c(F)c(F)c1. The molecule has 1 aromatic rings. The number of halogens is 3. The van der Waals surface area contributed by atoms with Gasteiger partial charge in [0.2, 0.25) is 0 Å². The molecule has 1 N–H and O–H groups in total. The molecular weight excluding hydrogens is 203 g/mol. The molecule has 0 radical (unpaired) electrons. The summed E-state index contributed by atoms with van der Waals surface area (Å²) in [5, 5.41) is 3.02. The van der Waals surface area contributed by atoms with Gasteiger partial charge in [0.1, 0.15) is 0 Å². The minimum absolute atomic E-state index is 0.340. The van der Waals surface area contributed by atoms with Gasteiger partial charge in [0, 0.05) is 6.54 Å². The molecule has 84 valence electrons. The Morgan fingerprint density at radius 3 is 2.13 bits per heavy atom. The molecule has 15 heavy (non-hydrogen) atoms. The van der Waals surface area contributed by atoms with Crippen LogP contribution >= 0.6 is 0 Å². The Labute approximate surface area is 87.3 Å². The zero-order chi connectivity index (χ0) is 11.4. The second kappa shape index (κ2) is 5.16. The summed E-state index contributed by atoms with van der Waals surface area (Å²) in [4.78, 5) is 0. The highest BCUT2D eigenvalue weighted by Gasteiger charge is 2.09. The molecule has 0 aliphatic heterocycles. The van der Waals surface area contributed by atoms with E-state index in [4.69, 9.17) is 0 Å². The van der Waals surface area contributed by atoms with Crippen LogP contribution in [-0.4, -0.2) is 6.54 Å². The smallest absolute Gasteiger partial charge is 0.194 e. The van der Waals surface area contributed by atoms with Crippen LogP contribution in [0.25, 0.3) is 0 Å². The van der Waals surface area contributed by atoms with Gasteiger partial charge >= 0.3 is 0 Å². The predicted octanol–water partition coefficient (Wildman–Crippen LogP) is 2.85. The Hall–Kier alpha value is -1.03. The lowest BCUT2D eigenvalue weighted by atomic mass is 10.2. The number of benzene rings is 1. The lowest BCUT2D eigenvalue weighted by Crippen LogP contribution is -2.19. The average molecular weight is 217 g/mol. The van der Waals surface area contributed by atoms with Crippen molar-refractivity contribution in [2.75, 3.05) is 6.54 Å². The molecule has 1 nitrogen and oxygen atoms in total. The quantitative estimate of drug-likeness (QED) is 0.765. The molecular formula is C11H14F3N. The van der Waals surface area contributed by atoms with Crippen LogP contribution in [0.4, 0.5) is 13.2 Å². The molecule has 0 saturated heterocycles. The van der Waals surface area contributed by atoms with Gasteiger partial charge in [0.05, 0.1) is 0 Å². The van der Waals surface area contributed by atoms with E-state index in [-0.39, 0.29) is 0 Å². The van der Waals surface area contributed by atoms with Gasteiger partial charge in [-0.2, -0.15) is 0 Å². The highest BCUT2D eigenvalue weighted by molar-refractivity contribution is 5.19. The molecule has 0 atom stereocenters. The first-order valence-corrected chi connectivity index (χ1v) is 4.85. The molecule has 0 fully saturated rings. The maximum absolute atomic E-state index is 12.8. The van der Waals surface area contributed by atoms with E-state index in [0.29, 0.717) is 18.0 Å². The first kappa shape index (κ1) is 12.0. The molecule has 1 aromatic carbocycles. The van der Waals surface area contributed by atoms with E-state index in [1.165, 1.54) is 0 Å². The van der Waals surface area contributed by atoms with E-state index in [2.05, 4.69) is 5.32 Å². The molecule has 0 aliphatic carbocycles. The summed E-state index contributed by atoms with van der Waals surface area (Å²) in [5.74, 6) is -3.24. The van der Waals surface area contributed by atoms with Crippen molar-refractivity contribution in [3.05, 3.63) is 35.1 Å². The maximum atomic E-state index is 12.8. The van der Waals surface area contributed by atoms with E-state index in [1.54, 1.807) is 0 Å². The number of nitrogens with one attached hydrogen (secondary N) is 1. The zero-order valence-electron chi connectivity index (χ0n) is 8.78. The summed E-state index contributed by atoms with van der Waals surface area (Å²) in [6.45, 7) is 5.14. The highest BCUT2D eigenvalue weighted by Crippen LogP contribution is 2.13. The Bertz CT molecular complexity index is 314. The van der Waals surface area contributed by atoms with E-state index in [0.717, 1.165) is 18.7 Å². The van der Waals surface area contributed by atoms with Crippen molar-refractivity contribution >= 4 is 0 Å². The molecule has 0 unspecified atom stereocenters. The maximum Gasteiger partial charge on any atom is 0.194 e. The molecule has 1 rings (SSSR count). The van der Waals surface area contributed by atoms with Crippen molar-refractivity contribution < 1.29 is 13.2 Å². The van der Waals surface area contributed by atoms with Crippen molar-refractivity contribution in [2.24, 2.45) is 5.92 Å². The van der Waals surface area contributed by atoms with Crippen molar-refractivity contribution in [3.8, 4) is 0 Å². The zero-order valence-corrected chi connectivity index (χ0v) is 8.78. The lowest BCUT2D eigenvalue weighted by Gasteiger charge is -2.07. The topological polar surface area (TPSA) is 12.0 Å². The Morgan fingerprint density at radius 2 is 1.67 bits per heavy atom. The lowest BCUT2D eigenvalue weighted by molar-refractivity contribution is 0.443. The van der Waals surface area contributed by atoms with Crippen LogP contribution in [0.15, 0.2) is 12.1 Å². The first-order chi connectivity index (χ1) is 7.00. The van der Waals surface area contributed by atoms with Gasteiger partial charge in [-0.1, -0.05) is 13.8 Å². The molecule has 0 amide bonds. The van der Waals surface area contributed by atoms with Crippen LogP contribution in [0.1, 0.15) is 19.4 Å². The van der Waals surface area contributed by atoms with E-state index >= 15 is 0 Å². The van der Waals surface area contributed by atoms with Gasteiger partial charge in [0.15, 0.2) is 17.5 Å². The molecule has 0 saturated carbocycles. The van der Waals surface area contributed by atoms with E-state index < -0.39 is 17.5 Å². The number of hydrogen-bond donors (Lipinski definition) is 1. The summed E-state index contributed by atoms with van der Waals surface area (Å²) in [6.07, 6.45) is 0. The Balaban J connectivity index is 2.63. The summed E-state index contributed by atoms with van der Waals surface area (Å²) >= 11 is 0. The average Bonchev–Trinajstić information content (AvgIpc) is 2.13. The largest absolute Gasteiger partial charge is 0.312 e. The fraction of sp³-hybridized carbons (Fsp3) is 0.455. The Morgan fingerprint density at radius 1 is 1.13 bits per heavy atom. The third-order valence-corrected chi connectivity index (χ3v) is 1.93. The second-order valence-corrected chi connectivity index (χ2v) is 3.90. The van der Waals surface area contributed by atoms with Crippen LogP contribution in [0, 0.1) is 23.4 Å². The van der Waals surface area contributed by atoms with Gasteiger partial charge in [-0.25, -0.2) is 13.2 Å². The third-order valence-electron chi connectivity index (χ3n) is 1.93. The molecule has 0 aliphatic rings. The van der Waals surface area contributed by atoms with Crippen molar-refractivity contribution in [1.29, 1.82) is 0 Å².